The molecular weight excluding hydrogens is 577 g/mol. The van der Waals surface area contributed by atoms with Crippen LogP contribution in [0.3, 0.4) is 0 Å². The van der Waals surface area contributed by atoms with Crippen molar-refractivity contribution in [1.82, 2.24) is 0 Å². The van der Waals surface area contributed by atoms with Gasteiger partial charge in [0.25, 0.3) is 0 Å². The summed E-state index contributed by atoms with van der Waals surface area (Å²) in [6.45, 7) is 0. The largest absolute Gasteiger partial charge is 0.673 e. The number of ketones is 1. The van der Waals surface area contributed by atoms with Crippen LogP contribution in [0.4, 0.5) is 26.0 Å². The van der Waals surface area contributed by atoms with Crippen LogP contribution in [0, 0.1) is 11.6 Å². The first-order valence-electron chi connectivity index (χ1n) is 12.2. The number of hydrogen-bond acceptors (Lipinski definition) is 2. The molecule has 5 aromatic rings. The van der Waals surface area contributed by atoms with E-state index in [-0.39, 0.29) is 17.4 Å². The van der Waals surface area contributed by atoms with E-state index in [2.05, 4.69) is 12.1 Å². The minimum Gasteiger partial charge on any atom is -0.418 e. The third-order valence-corrected chi connectivity index (χ3v) is 8.75. The molecule has 10 heteroatoms. The average Bonchev–Trinajstić information content (AvgIpc) is 2.95. The summed E-state index contributed by atoms with van der Waals surface area (Å²) in [5.41, 5.74) is 1.31. The van der Waals surface area contributed by atoms with Gasteiger partial charge in [-0.1, -0.05) is 54.2 Å². The van der Waals surface area contributed by atoms with Crippen LogP contribution in [0.25, 0.3) is 0 Å². The van der Waals surface area contributed by atoms with Crippen molar-refractivity contribution >= 4 is 35.7 Å². The fraction of sp³-hybridized carbons (Fsp3) is 0. The summed E-state index contributed by atoms with van der Waals surface area (Å²) in [5.74, 6) is -0.585. The van der Waals surface area contributed by atoms with Gasteiger partial charge in [0.2, 0.25) is 0 Å². The van der Waals surface area contributed by atoms with E-state index in [1.807, 2.05) is 66.7 Å². The Balaban J connectivity index is 0.000000714. The van der Waals surface area contributed by atoms with Crippen LogP contribution >= 0.6 is 11.8 Å². The lowest BCUT2D eigenvalue weighted by Crippen LogP contribution is -2.05. The summed E-state index contributed by atoms with van der Waals surface area (Å²) in [5, 5.41) is 0. The van der Waals surface area contributed by atoms with E-state index in [0.717, 1.165) is 24.5 Å². The maximum absolute atomic E-state index is 13.6. The van der Waals surface area contributed by atoms with Gasteiger partial charge >= 0.3 is 7.25 Å². The lowest BCUT2D eigenvalue weighted by Gasteiger charge is -2.09. The van der Waals surface area contributed by atoms with Crippen LogP contribution < -0.4 is 0 Å². The van der Waals surface area contributed by atoms with Crippen LogP contribution in [0.15, 0.2) is 152 Å². The van der Waals surface area contributed by atoms with E-state index < -0.39 is 18.1 Å². The van der Waals surface area contributed by atoms with E-state index in [0.29, 0.717) is 11.1 Å². The molecule has 0 heterocycles. The summed E-state index contributed by atoms with van der Waals surface area (Å²) in [6.07, 6.45) is 0. The molecule has 0 aliphatic rings. The minimum atomic E-state index is -6.00. The molecule has 0 aliphatic heterocycles. The molecule has 41 heavy (non-hydrogen) atoms. The molecule has 0 aliphatic carbocycles. The fourth-order valence-corrected chi connectivity index (χ4v) is 6.70. The van der Waals surface area contributed by atoms with Gasteiger partial charge < -0.3 is 17.3 Å². The van der Waals surface area contributed by atoms with Crippen molar-refractivity contribution in [1.29, 1.82) is 0 Å². The van der Waals surface area contributed by atoms with Gasteiger partial charge in [-0.2, -0.15) is 0 Å². The third-order valence-electron chi connectivity index (χ3n) is 5.53. The van der Waals surface area contributed by atoms with E-state index in [1.54, 1.807) is 36.0 Å². The maximum Gasteiger partial charge on any atom is 0.673 e. The molecule has 0 saturated heterocycles. The molecule has 5 rings (SSSR count). The zero-order chi connectivity index (χ0) is 29.4. The minimum absolute atomic E-state index is 0.00367. The van der Waals surface area contributed by atoms with Crippen molar-refractivity contribution in [2.75, 3.05) is 0 Å². The molecule has 0 radical (unpaired) electrons. The second kappa shape index (κ2) is 13.7. The van der Waals surface area contributed by atoms with Crippen LogP contribution in [-0.2, 0) is 10.9 Å². The molecule has 0 amide bonds. The van der Waals surface area contributed by atoms with Gasteiger partial charge in [-0.25, -0.2) is 8.78 Å². The van der Waals surface area contributed by atoms with E-state index in [9.17, 15) is 30.8 Å². The number of carbonyl (C=O) groups is 1. The Kier molecular flexibility index (Phi) is 10.0. The predicted molar refractivity (Wildman–Crippen MR) is 152 cm³/mol. The molecule has 0 atom stereocenters. The zero-order valence-corrected chi connectivity index (χ0v) is 22.8. The number of rotatable bonds is 7. The Morgan fingerprint density at radius 1 is 0.537 bits per heavy atom. The van der Waals surface area contributed by atoms with Gasteiger partial charge in [-0.05, 0) is 84.9 Å². The van der Waals surface area contributed by atoms with Gasteiger partial charge in [0.05, 0.1) is 10.9 Å². The van der Waals surface area contributed by atoms with Crippen LogP contribution in [-0.4, -0.2) is 13.0 Å². The number of benzene rings is 5. The lowest BCUT2D eigenvalue weighted by atomic mass is 10.0. The van der Waals surface area contributed by atoms with Crippen molar-refractivity contribution < 1.29 is 30.8 Å². The van der Waals surface area contributed by atoms with Gasteiger partial charge in [0.15, 0.2) is 20.5 Å². The first kappa shape index (κ1) is 30.1. The summed E-state index contributed by atoms with van der Waals surface area (Å²) >= 11 is 1.58. The summed E-state index contributed by atoms with van der Waals surface area (Å²) in [6, 6.07) is 38.0. The Bertz CT molecular complexity index is 1530. The number of carbonyl (C=O) groups excluding carboxylic acids is 1. The zero-order valence-electron chi connectivity index (χ0n) is 21.2. The number of hydrogen-bond donors (Lipinski definition) is 0. The van der Waals surface area contributed by atoms with Gasteiger partial charge in [-0.15, -0.1) is 0 Å². The molecule has 0 N–H and O–H groups in total. The number of halogens is 6. The second-order valence-electron chi connectivity index (χ2n) is 8.51. The smallest absolute Gasteiger partial charge is 0.418 e. The SMILES string of the molecule is F[B-](F)(F)F.O=C(c1ccccc1)c1cccc(Sc2ccc([S+](c3ccc(F)cc3)c3ccc(F)cc3)cc2)c1. The predicted octanol–water partition coefficient (Wildman–Crippen LogP) is 9.74. The Hall–Kier alpha value is -3.89. The highest BCUT2D eigenvalue weighted by molar-refractivity contribution is 7.99. The third kappa shape index (κ3) is 9.06. The van der Waals surface area contributed by atoms with E-state index in [4.69, 9.17) is 0 Å². The van der Waals surface area contributed by atoms with Crippen LogP contribution in [0.2, 0.25) is 0 Å². The summed E-state index contributed by atoms with van der Waals surface area (Å²) < 4.78 is 66.1. The van der Waals surface area contributed by atoms with Crippen molar-refractivity contribution in [3.63, 3.8) is 0 Å². The first-order valence-corrected chi connectivity index (χ1v) is 14.2. The summed E-state index contributed by atoms with van der Waals surface area (Å²) in [7, 11) is -6.50. The quantitative estimate of drug-likeness (QED) is 0.0803. The van der Waals surface area contributed by atoms with Crippen molar-refractivity contribution in [3.8, 4) is 0 Å². The molecule has 0 spiro atoms. The molecule has 0 fully saturated rings. The topological polar surface area (TPSA) is 17.1 Å². The Morgan fingerprint density at radius 2 is 0.976 bits per heavy atom. The molecular formula is C31H21BF6OS2. The van der Waals surface area contributed by atoms with Crippen molar-refractivity contribution in [2.45, 2.75) is 24.5 Å². The lowest BCUT2D eigenvalue weighted by molar-refractivity contribution is 0.103. The molecule has 0 saturated carbocycles. The normalized spacial score (nSPS) is 11.1. The molecule has 0 bridgehead atoms. The maximum atomic E-state index is 13.6. The molecule has 208 valence electrons. The van der Waals surface area contributed by atoms with E-state index >= 15 is 0 Å². The highest BCUT2D eigenvalue weighted by Crippen LogP contribution is 2.34. The van der Waals surface area contributed by atoms with Crippen molar-refractivity contribution in [2.24, 2.45) is 0 Å². The van der Waals surface area contributed by atoms with Crippen LogP contribution in [0.5, 0.6) is 0 Å². The first-order chi connectivity index (χ1) is 19.6. The fourth-order valence-electron chi connectivity index (χ4n) is 3.79. The monoisotopic (exact) mass is 598 g/mol. The molecule has 0 aromatic heterocycles. The Labute approximate surface area is 240 Å². The summed E-state index contributed by atoms with van der Waals surface area (Å²) in [4.78, 5) is 17.8. The average molecular weight is 598 g/mol. The highest BCUT2D eigenvalue weighted by atomic mass is 32.2. The van der Waals surface area contributed by atoms with Crippen molar-refractivity contribution in [3.05, 3.63) is 150 Å². The highest BCUT2D eigenvalue weighted by Gasteiger charge is 2.29. The second-order valence-corrected chi connectivity index (χ2v) is 11.7. The molecule has 1 nitrogen and oxygen atoms in total. The molecule has 5 aromatic carbocycles. The van der Waals surface area contributed by atoms with Crippen LogP contribution in [0.1, 0.15) is 15.9 Å². The van der Waals surface area contributed by atoms with Gasteiger partial charge in [0, 0.05) is 20.9 Å². The standard InChI is InChI=1S/C31H21F2OS2.BF4/c32-24-9-15-28(16-10-24)36(29-17-11-25(33)12-18-29)30-19-13-26(14-20-30)35-27-8-4-7-23(21-27)31(34)22-5-2-1-3-6-22;2-1(3,4)5/h1-21H;/q+1;-1. The Morgan fingerprint density at radius 3 is 1.46 bits per heavy atom. The van der Waals surface area contributed by atoms with E-state index in [1.165, 1.54) is 24.3 Å². The molecule has 0 unspecified atom stereocenters. The van der Waals surface area contributed by atoms with Gasteiger partial charge in [0.1, 0.15) is 11.6 Å². The van der Waals surface area contributed by atoms with Gasteiger partial charge in [-0.3, -0.25) is 4.79 Å².